The molecule has 0 saturated carbocycles. The Balaban J connectivity index is 2.77. The van der Waals surface area contributed by atoms with Crippen molar-refractivity contribution in [3.63, 3.8) is 0 Å². The predicted molar refractivity (Wildman–Crippen MR) is 57.1 cm³/mol. The first-order chi connectivity index (χ1) is 7.06. The molecule has 0 aromatic heterocycles. The van der Waals surface area contributed by atoms with Gasteiger partial charge in [0.05, 0.1) is 0 Å². The Morgan fingerprint density at radius 1 is 1.47 bits per heavy atom. The molecule has 1 aliphatic rings. The van der Waals surface area contributed by atoms with Gasteiger partial charge in [-0.25, -0.2) is 0 Å². The Labute approximate surface area is 89.8 Å². The third kappa shape index (κ3) is 2.78. The first-order valence-electron chi connectivity index (χ1n) is 5.18. The van der Waals surface area contributed by atoms with Crippen molar-refractivity contribution >= 4 is 11.8 Å². The van der Waals surface area contributed by atoms with Crippen LogP contribution < -0.4 is 0 Å². The van der Waals surface area contributed by atoms with Crippen LogP contribution in [-0.4, -0.2) is 11.8 Å². The lowest BCUT2D eigenvalue weighted by Crippen LogP contribution is -2.05. The number of ether oxygens (including phenoxy) is 1. The normalized spacial score (nSPS) is 18.9. The van der Waals surface area contributed by atoms with Crippen molar-refractivity contribution in [2.24, 2.45) is 0 Å². The van der Waals surface area contributed by atoms with Crippen molar-refractivity contribution in [1.29, 1.82) is 0 Å². The van der Waals surface area contributed by atoms with Crippen LogP contribution >= 0.6 is 0 Å². The van der Waals surface area contributed by atoms with Crippen LogP contribution in [0.3, 0.4) is 0 Å². The van der Waals surface area contributed by atoms with E-state index in [1.54, 1.807) is 6.92 Å². The van der Waals surface area contributed by atoms with E-state index in [1.807, 2.05) is 13.0 Å². The highest BCUT2D eigenvalue weighted by atomic mass is 16.5. The molecular formula is C12H16O3. The highest BCUT2D eigenvalue weighted by Gasteiger charge is 2.23. The van der Waals surface area contributed by atoms with Crippen molar-refractivity contribution in [1.82, 2.24) is 0 Å². The highest BCUT2D eigenvalue weighted by Crippen LogP contribution is 2.26. The second-order valence-electron chi connectivity index (χ2n) is 3.64. The average Bonchev–Trinajstić information content (AvgIpc) is 2.48. The number of hydrogen-bond donors (Lipinski definition) is 0. The lowest BCUT2D eigenvalue weighted by molar-refractivity contribution is -0.136. The maximum atomic E-state index is 11.8. The van der Waals surface area contributed by atoms with Gasteiger partial charge >= 0.3 is 5.97 Å². The SMILES string of the molecule is CCCC1=CC/C(=C(\C)OC(C)=O)C1=O. The molecule has 82 valence electrons. The molecule has 0 radical (unpaired) electrons. The van der Waals surface area contributed by atoms with Crippen LogP contribution in [0.15, 0.2) is 23.0 Å². The Morgan fingerprint density at radius 3 is 2.67 bits per heavy atom. The van der Waals surface area contributed by atoms with Crippen LogP contribution in [0.25, 0.3) is 0 Å². The van der Waals surface area contributed by atoms with Crippen molar-refractivity contribution in [3.8, 4) is 0 Å². The number of Topliss-reactive ketones (excluding diaryl/α,β-unsaturated/α-hetero) is 1. The number of ketones is 1. The van der Waals surface area contributed by atoms with Crippen molar-refractivity contribution < 1.29 is 14.3 Å². The molecule has 3 heteroatoms. The summed E-state index contributed by atoms with van der Waals surface area (Å²) in [5, 5.41) is 0. The van der Waals surface area contributed by atoms with E-state index in [2.05, 4.69) is 0 Å². The Hall–Kier alpha value is -1.38. The molecule has 0 bridgehead atoms. The van der Waals surface area contributed by atoms with Gasteiger partial charge in [-0.15, -0.1) is 0 Å². The molecule has 1 rings (SSSR count). The molecule has 0 atom stereocenters. The quantitative estimate of drug-likeness (QED) is 0.406. The van der Waals surface area contributed by atoms with Crippen LogP contribution in [0, 0.1) is 0 Å². The van der Waals surface area contributed by atoms with Gasteiger partial charge in [0.25, 0.3) is 0 Å². The summed E-state index contributed by atoms with van der Waals surface area (Å²) in [6, 6.07) is 0. The van der Waals surface area contributed by atoms with Crippen LogP contribution in [0.5, 0.6) is 0 Å². The predicted octanol–water partition coefficient (Wildman–Crippen LogP) is 2.52. The smallest absolute Gasteiger partial charge is 0.307 e. The summed E-state index contributed by atoms with van der Waals surface area (Å²) in [6.45, 7) is 5.04. The summed E-state index contributed by atoms with van der Waals surface area (Å²) in [5.41, 5.74) is 1.47. The number of allylic oxidation sites excluding steroid dienone is 4. The van der Waals surface area contributed by atoms with E-state index in [0.29, 0.717) is 17.8 Å². The van der Waals surface area contributed by atoms with Gasteiger partial charge in [0.15, 0.2) is 5.78 Å². The van der Waals surface area contributed by atoms with Crippen LogP contribution in [0.1, 0.15) is 40.0 Å². The molecular weight excluding hydrogens is 192 g/mol. The van der Waals surface area contributed by atoms with E-state index >= 15 is 0 Å². The Kier molecular flexibility index (Phi) is 3.83. The van der Waals surface area contributed by atoms with Gasteiger partial charge in [-0.2, -0.15) is 0 Å². The van der Waals surface area contributed by atoms with Gasteiger partial charge in [0, 0.05) is 12.5 Å². The molecule has 1 aliphatic carbocycles. The fraction of sp³-hybridized carbons (Fsp3) is 0.500. The molecule has 0 aromatic carbocycles. The van der Waals surface area contributed by atoms with Gasteiger partial charge in [-0.1, -0.05) is 19.4 Å². The molecule has 0 unspecified atom stereocenters. The first-order valence-corrected chi connectivity index (χ1v) is 5.18. The molecule has 0 spiro atoms. The van der Waals surface area contributed by atoms with Gasteiger partial charge in [0.1, 0.15) is 5.76 Å². The van der Waals surface area contributed by atoms with Gasteiger partial charge in [-0.05, 0) is 25.3 Å². The molecule has 0 fully saturated rings. The molecule has 15 heavy (non-hydrogen) atoms. The standard InChI is InChI=1S/C12H16O3/c1-4-5-10-6-7-11(12(10)14)8(2)15-9(3)13/h6H,4-5,7H2,1-3H3/b11-8-. The van der Waals surface area contributed by atoms with Crippen LogP contribution in [-0.2, 0) is 14.3 Å². The fourth-order valence-electron chi connectivity index (χ4n) is 1.67. The van der Waals surface area contributed by atoms with Gasteiger partial charge < -0.3 is 4.74 Å². The van der Waals surface area contributed by atoms with Gasteiger partial charge in [-0.3, -0.25) is 9.59 Å². The monoisotopic (exact) mass is 208 g/mol. The van der Waals surface area contributed by atoms with Gasteiger partial charge in [0.2, 0.25) is 0 Å². The summed E-state index contributed by atoms with van der Waals surface area (Å²) in [5.74, 6) is 0.0993. The zero-order valence-electron chi connectivity index (χ0n) is 9.42. The second kappa shape index (κ2) is 4.91. The second-order valence-corrected chi connectivity index (χ2v) is 3.64. The van der Waals surface area contributed by atoms with Crippen molar-refractivity contribution in [3.05, 3.63) is 23.0 Å². The van der Waals surface area contributed by atoms with E-state index in [4.69, 9.17) is 4.74 Å². The Morgan fingerprint density at radius 2 is 2.13 bits per heavy atom. The van der Waals surface area contributed by atoms with Crippen molar-refractivity contribution in [2.45, 2.75) is 40.0 Å². The number of rotatable bonds is 3. The minimum absolute atomic E-state index is 0.0376. The zero-order chi connectivity index (χ0) is 11.4. The first kappa shape index (κ1) is 11.7. The minimum atomic E-state index is -0.378. The average molecular weight is 208 g/mol. The van der Waals surface area contributed by atoms with E-state index in [0.717, 1.165) is 18.4 Å². The van der Waals surface area contributed by atoms with E-state index < -0.39 is 0 Å². The Bertz CT molecular complexity index is 348. The van der Waals surface area contributed by atoms with E-state index in [9.17, 15) is 9.59 Å². The van der Waals surface area contributed by atoms with Crippen LogP contribution in [0.2, 0.25) is 0 Å². The maximum absolute atomic E-state index is 11.8. The van der Waals surface area contributed by atoms with E-state index in [-0.39, 0.29) is 11.8 Å². The summed E-state index contributed by atoms with van der Waals surface area (Å²) in [7, 11) is 0. The topological polar surface area (TPSA) is 43.4 Å². The van der Waals surface area contributed by atoms with E-state index in [1.165, 1.54) is 6.92 Å². The minimum Gasteiger partial charge on any atom is -0.431 e. The molecule has 3 nitrogen and oxygen atoms in total. The summed E-state index contributed by atoms with van der Waals surface area (Å²) < 4.78 is 4.92. The molecule has 0 amide bonds. The summed E-state index contributed by atoms with van der Waals surface area (Å²) in [6.07, 6.45) is 4.27. The number of hydrogen-bond acceptors (Lipinski definition) is 3. The highest BCUT2D eigenvalue weighted by molar-refractivity contribution is 6.11. The zero-order valence-corrected chi connectivity index (χ0v) is 9.42. The third-order valence-corrected chi connectivity index (χ3v) is 2.36. The number of carbonyl (C=O) groups is 2. The molecule has 0 N–H and O–H groups in total. The number of carbonyl (C=O) groups excluding carboxylic acids is 2. The van der Waals surface area contributed by atoms with Crippen molar-refractivity contribution in [2.75, 3.05) is 0 Å². The summed E-state index contributed by atoms with van der Waals surface area (Å²) >= 11 is 0. The molecule has 0 aromatic rings. The fourth-order valence-corrected chi connectivity index (χ4v) is 1.67. The lowest BCUT2D eigenvalue weighted by Gasteiger charge is -2.05. The number of esters is 1. The lowest BCUT2D eigenvalue weighted by atomic mass is 10.1. The van der Waals surface area contributed by atoms with Crippen LogP contribution in [0.4, 0.5) is 0 Å². The molecule has 0 saturated heterocycles. The third-order valence-electron chi connectivity index (χ3n) is 2.36. The molecule has 0 aliphatic heterocycles. The maximum Gasteiger partial charge on any atom is 0.307 e. The largest absolute Gasteiger partial charge is 0.431 e. The molecule has 0 heterocycles. The summed E-state index contributed by atoms with van der Waals surface area (Å²) in [4.78, 5) is 22.5.